The van der Waals surface area contributed by atoms with Gasteiger partial charge in [0.15, 0.2) is 11.8 Å². The zero-order valence-electron chi connectivity index (χ0n) is 27.0. The highest BCUT2D eigenvalue weighted by atomic mass is 15.2. The highest BCUT2D eigenvalue weighted by molar-refractivity contribution is 6.07. The molecular weight excluding hydrogens is 520 g/mol. The highest BCUT2D eigenvalue weighted by Crippen LogP contribution is 2.51. The molecule has 2 heterocycles. The van der Waals surface area contributed by atoms with Crippen LogP contribution >= 0.6 is 0 Å². The minimum Gasteiger partial charge on any atom is -0.341 e. The summed E-state index contributed by atoms with van der Waals surface area (Å²) in [6.45, 7) is 18.6. The molecule has 2 aliphatic heterocycles. The Morgan fingerprint density at radius 3 is 1.86 bits per heavy atom. The zero-order valence-corrected chi connectivity index (χ0v) is 27.0. The number of rotatable bonds is 6. The summed E-state index contributed by atoms with van der Waals surface area (Å²) in [5.41, 5.74) is 8.03. The van der Waals surface area contributed by atoms with Crippen LogP contribution in [-0.2, 0) is 10.8 Å². The van der Waals surface area contributed by atoms with Gasteiger partial charge in [0, 0.05) is 40.5 Å². The molecule has 2 aliphatic rings. The van der Waals surface area contributed by atoms with E-state index in [-0.39, 0.29) is 10.8 Å². The lowest BCUT2D eigenvalue weighted by atomic mass is 9.79. The van der Waals surface area contributed by atoms with Crippen molar-refractivity contribution in [1.82, 2.24) is 0 Å². The maximum absolute atomic E-state index is 2.51. The first-order valence-corrected chi connectivity index (χ1v) is 15.8. The molecule has 0 fully saturated rings. The second-order valence-electron chi connectivity index (χ2n) is 13.6. The van der Waals surface area contributed by atoms with Gasteiger partial charge in [0.1, 0.15) is 0 Å². The Kier molecular flexibility index (Phi) is 7.29. The quantitative estimate of drug-likeness (QED) is 0.166. The van der Waals surface area contributed by atoms with E-state index in [1.54, 1.807) is 0 Å². The lowest BCUT2D eigenvalue weighted by molar-refractivity contribution is -0.472. The molecule has 2 heteroatoms. The Balaban J connectivity index is 1.27. The Morgan fingerprint density at radius 2 is 1.21 bits per heavy atom. The molecule has 0 aromatic heterocycles. The van der Waals surface area contributed by atoms with Gasteiger partial charge in [-0.1, -0.05) is 98.8 Å². The topological polar surface area (TPSA) is 6.25 Å². The molecule has 0 spiro atoms. The Morgan fingerprint density at radius 1 is 0.628 bits per heavy atom. The highest BCUT2D eigenvalue weighted by Gasteiger charge is 2.46. The number of hydrogen-bond acceptors (Lipinski definition) is 1. The fourth-order valence-corrected chi connectivity index (χ4v) is 7.53. The number of benzene rings is 4. The lowest BCUT2D eigenvalue weighted by Gasteiger charge is -2.30. The second-order valence-corrected chi connectivity index (χ2v) is 13.6. The van der Waals surface area contributed by atoms with Gasteiger partial charge in [-0.2, -0.15) is 4.58 Å². The zero-order chi connectivity index (χ0) is 30.5. The van der Waals surface area contributed by atoms with Crippen molar-refractivity contribution < 1.29 is 4.58 Å². The third-order valence-electron chi connectivity index (χ3n) is 9.37. The van der Waals surface area contributed by atoms with Gasteiger partial charge in [0.05, 0.1) is 5.41 Å². The first-order chi connectivity index (χ1) is 20.5. The molecular formula is C41H45N2+. The standard InChI is InChI=1S/C41H45N2/c1-28(2)42-34-26-24-30-18-14-16-20-32(30)38(34)40(5,6)36(42)22-12-10-9-11-13-23-37-41(7,8)39-33-21-17-15-19-31(33)25-27-35(39)43(37)29(3)4/h9-29H,1-8H3/q+1. The van der Waals surface area contributed by atoms with Crippen molar-refractivity contribution >= 4 is 38.6 Å². The van der Waals surface area contributed by atoms with Gasteiger partial charge in [0.2, 0.25) is 5.69 Å². The molecule has 4 aromatic carbocycles. The van der Waals surface area contributed by atoms with Gasteiger partial charge in [-0.25, -0.2) is 0 Å². The molecule has 4 aromatic rings. The van der Waals surface area contributed by atoms with Crippen LogP contribution in [0.25, 0.3) is 21.5 Å². The maximum Gasteiger partial charge on any atom is 0.210 e. The van der Waals surface area contributed by atoms with Crippen LogP contribution in [0.5, 0.6) is 0 Å². The first-order valence-electron chi connectivity index (χ1n) is 15.8. The number of allylic oxidation sites excluding steroid dienone is 8. The summed E-state index contributed by atoms with van der Waals surface area (Å²) < 4.78 is 2.51. The number of anilines is 1. The average Bonchev–Trinajstić information content (AvgIpc) is 3.35. The fourth-order valence-electron chi connectivity index (χ4n) is 7.53. The Labute approximate surface area is 258 Å². The van der Waals surface area contributed by atoms with E-state index < -0.39 is 0 Å². The van der Waals surface area contributed by atoms with Gasteiger partial charge >= 0.3 is 0 Å². The maximum atomic E-state index is 2.51. The van der Waals surface area contributed by atoms with Crippen molar-refractivity contribution in [3.05, 3.63) is 132 Å². The van der Waals surface area contributed by atoms with E-state index in [9.17, 15) is 0 Å². The van der Waals surface area contributed by atoms with Crippen molar-refractivity contribution in [3.8, 4) is 0 Å². The van der Waals surface area contributed by atoms with Gasteiger partial charge in [0.25, 0.3) is 0 Å². The van der Waals surface area contributed by atoms with Gasteiger partial charge in [-0.05, 0) is 86.9 Å². The molecule has 0 N–H and O–H groups in total. The molecule has 0 radical (unpaired) electrons. The van der Waals surface area contributed by atoms with Crippen LogP contribution < -0.4 is 4.90 Å². The van der Waals surface area contributed by atoms with Crippen molar-refractivity contribution in [2.75, 3.05) is 4.90 Å². The largest absolute Gasteiger partial charge is 0.341 e. The van der Waals surface area contributed by atoms with Crippen LogP contribution in [0, 0.1) is 0 Å². The predicted molar refractivity (Wildman–Crippen MR) is 187 cm³/mol. The van der Waals surface area contributed by atoms with Crippen molar-refractivity contribution in [2.45, 2.75) is 78.3 Å². The first kappa shape index (κ1) is 28.9. The predicted octanol–water partition coefficient (Wildman–Crippen LogP) is 10.5. The molecule has 43 heavy (non-hydrogen) atoms. The van der Waals surface area contributed by atoms with Gasteiger partial charge < -0.3 is 4.90 Å². The molecule has 0 aliphatic carbocycles. The van der Waals surface area contributed by atoms with E-state index in [4.69, 9.17) is 0 Å². The summed E-state index contributed by atoms with van der Waals surface area (Å²) in [6, 6.07) is 27.4. The minimum absolute atomic E-state index is 0.0847. The Bertz CT molecular complexity index is 1870. The van der Waals surface area contributed by atoms with Crippen molar-refractivity contribution in [2.24, 2.45) is 0 Å². The number of nitrogens with zero attached hydrogens (tertiary/aromatic N) is 2. The lowest BCUT2D eigenvalue weighted by Crippen LogP contribution is -2.31. The van der Waals surface area contributed by atoms with Crippen LogP contribution in [0.2, 0.25) is 0 Å². The summed E-state index contributed by atoms with van der Waals surface area (Å²) in [7, 11) is 0. The molecule has 2 nitrogen and oxygen atoms in total. The summed E-state index contributed by atoms with van der Waals surface area (Å²) >= 11 is 0. The average molecular weight is 566 g/mol. The SMILES string of the molecule is CC(C)N1/C(=C/C=C/C=C/C=C/C2=[N+](C(C)C)c3ccc4ccccc4c3C2(C)C)C(C)(C)c2c1ccc1ccccc21. The van der Waals surface area contributed by atoms with Crippen LogP contribution in [0.1, 0.15) is 66.5 Å². The fraction of sp³-hybridized carbons (Fsp3) is 0.293. The molecule has 0 atom stereocenters. The molecule has 0 saturated heterocycles. The third-order valence-corrected chi connectivity index (χ3v) is 9.37. The molecule has 218 valence electrons. The van der Waals surface area contributed by atoms with Gasteiger partial charge in [-0.15, -0.1) is 0 Å². The van der Waals surface area contributed by atoms with Crippen LogP contribution in [0.15, 0.2) is 121 Å². The number of fused-ring (bicyclic) bond motifs is 6. The summed E-state index contributed by atoms with van der Waals surface area (Å²) in [4.78, 5) is 2.51. The van der Waals surface area contributed by atoms with E-state index in [2.05, 4.69) is 180 Å². The smallest absolute Gasteiger partial charge is 0.210 e. The molecule has 0 unspecified atom stereocenters. The van der Waals surface area contributed by atoms with E-state index in [0.29, 0.717) is 12.1 Å². The third kappa shape index (κ3) is 4.68. The molecule has 0 bridgehead atoms. The van der Waals surface area contributed by atoms with E-state index in [1.807, 2.05) is 0 Å². The van der Waals surface area contributed by atoms with Crippen LogP contribution in [0.3, 0.4) is 0 Å². The molecule has 0 saturated carbocycles. The van der Waals surface area contributed by atoms with Crippen LogP contribution in [-0.4, -0.2) is 22.4 Å². The summed E-state index contributed by atoms with van der Waals surface area (Å²) in [6.07, 6.45) is 15.4. The molecule has 6 rings (SSSR count). The van der Waals surface area contributed by atoms with E-state index >= 15 is 0 Å². The summed E-state index contributed by atoms with van der Waals surface area (Å²) in [5.74, 6) is 0. The minimum atomic E-state index is -0.0847. The van der Waals surface area contributed by atoms with E-state index in [1.165, 1.54) is 55.5 Å². The van der Waals surface area contributed by atoms with Crippen molar-refractivity contribution in [1.29, 1.82) is 0 Å². The molecule has 0 amide bonds. The van der Waals surface area contributed by atoms with Crippen molar-refractivity contribution in [3.63, 3.8) is 0 Å². The normalized spacial score (nSPS) is 18.7. The summed E-state index contributed by atoms with van der Waals surface area (Å²) in [5, 5.41) is 5.32. The Hall–Kier alpha value is -4.17. The monoisotopic (exact) mass is 565 g/mol. The second kappa shape index (κ2) is 10.8. The van der Waals surface area contributed by atoms with Gasteiger partial charge in [-0.3, -0.25) is 0 Å². The van der Waals surface area contributed by atoms with Crippen LogP contribution in [0.4, 0.5) is 11.4 Å². The van der Waals surface area contributed by atoms with E-state index in [0.717, 1.165) is 0 Å². The number of hydrogen-bond donors (Lipinski definition) is 0.